The lowest BCUT2D eigenvalue weighted by Gasteiger charge is -2.05. The zero-order chi connectivity index (χ0) is 13.2. The van der Waals surface area contributed by atoms with Crippen LogP contribution in [0.3, 0.4) is 0 Å². The van der Waals surface area contributed by atoms with E-state index >= 15 is 0 Å². The molecule has 0 saturated heterocycles. The lowest BCUT2D eigenvalue weighted by molar-refractivity contribution is 0.0444. The Morgan fingerprint density at radius 1 is 1.65 bits per heavy atom. The number of hydrogen-bond acceptors (Lipinski definition) is 5. The van der Waals surface area contributed by atoms with Gasteiger partial charge in [-0.15, -0.1) is 0 Å². The fourth-order valence-electron chi connectivity index (χ4n) is 1.12. The molecular weight excluding hydrogens is 260 g/mol. The number of sulfonamides is 1. The number of alkyl halides is 2. The van der Waals surface area contributed by atoms with Crippen LogP contribution in [0.2, 0.25) is 0 Å². The number of carbonyl (C=O) groups is 1. The molecule has 0 aliphatic carbocycles. The number of primary sulfonamides is 1. The van der Waals surface area contributed by atoms with E-state index in [-0.39, 0.29) is 11.3 Å². The van der Waals surface area contributed by atoms with Crippen LogP contribution in [0.25, 0.3) is 0 Å². The number of carbonyl (C=O) groups excluding carboxylic acids is 1. The van der Waals surface area contributed by atoms with Crippen molar-refractivity contribution in [3.05, 3.63) is 11.8 Å². The summed E-state index contributed by atoms with van der Waals surface area (Å²) in [4.78, 5) is 11.3. The minimum Gasteiger partial charge on any atom is -0.462 e. The van der Waals surface area contributed by atoms with Crippen LogP contribution >= 0.6 is 0 Å². The second-order valence-electron chi connectivity index (χ2n) is 2.85. The molecule has 10 heteroatoms. The Morgan fingerprint density at radius 2 is 2.24 bits per heavy atom. The lowest BCUT2D eigenvalue weighted by atomic mass is 10.4. The van der Waals surface area contributed by atoms with E-state index < -0.39 is 33.1 Å². The molecule has 0 fully saturated rings. The van der Waals surface area contributed by atoms with Crippen LogP contribution in [-0.4, -0.2) is 30.8 Å². The van der Waals surface area contributed by atoms with Crippen molar-refractivity contribution >= 4 is 16.0 Å². The van der Waals surface area contributed by atoms with Crippen molar-refractivity contribution < 1.29 is 26.7 Å². The summed E-state index contributed by atoms with van der Waals surface area (Å²) >= 11 is 0. The normalized spacial score (nSPS) is 11.8. The minimum absolute atomic E-state index is 0.0389. The van der Waals surface area contributed by atoms with Crippen LogP contribution in [-0.2, 0) is 14.8 Å². The van der Waals surface area contributed by atoms with Gasteiger partial charge in [-0.25, -0.2) is 18.4 Å². The summed E-state index contributed by atoms with van der Waals surface area (Å²) in [6.45, 7) is -1.79. The zero-order valence-corrected chi connectivity index (χ0v) is 9.45. The molecule has 1 aromatic rings. The van der Waals surface area contributed by atoms with Crippen molar-refractivity contribution in [2.45, 2.75) is 18.5 Å². The molecule has 1 rings (SSSR count). The van der Waals surface area contributed by atoms with Crippen LogP contribution in [0.15, 0.2) is 11.2 Å². The van der Waals surface area contributed by atoms with Gasteiger partial charge in [0.05, 0.1) is 12.8 Å². The predicted molar refractivity (Wildman–Crippen MR) is 50.8 cm³/mol. The highest BCUT2D eigenvalue weighted by atomic mass is 32.2. The first kappa shape index (κ1) is 13.5. The summed E-state index contributed by atoms with van der Waals surface area (Å²) in [7, 11) is -4.51. The summed E-state index contributed by atoms with van der Waals surface area (Å²) in [5, 5.41) is 6.77. The first-order chi connectivity index (χ1) is 7.79. The fourth-order valence-corrected chi connectivity index (χ4v) is 1.95. The molecule has 2 N–H and O–H groups in total. The number of rotatable bonds is 4. The molecule has 1 heterocycles. The van der Waals surface area contributed by atoms with Gasteiger partial charge in [-0.05, 0) is 6.92 Å². The average Bonchev–Trinajstić information content (AvgIpc) is 2.61. The van der Waals surface area contributed by atoms with Gasteiger partial charge in [-0.1, -0.05) is 0 Å². The van der Waals surface area contributed by atoms with E-state index in [9.17, 15) is 22.0 Å². The Morgan fingerprint density at radius 3 is 2.65 bits per heavy atom. The minimum atomic E-state index is -4.51. The van der Waals surface area contributed by atoms with Crippen molar-refractivity contribution in [1.29, 1.82) is 0 Å². The largest absolute Gasteiger partial charge is 0.462 e. The molecule has 7 nitrogen and oxygen atoms in total. The zero-order valence-electron chi connectivity index (χ0n) is 8.63. The number of esters is 1. The standard InChI is InChI=1S/C7H9F2N3O4S/c1-2-16-6(13)4-3-11-12(7(8)9)5(4)17(10,14)15/h3,7H,2H2,1H3,(H2,10,14,15). The summed E-state index contributed by atoms with van der Waals surface area (Å²) in [5.74, 6) is -1.08. The molecule has 0 unspecified atom stereocenters. The van der Waals surface area contributed by atoms with Gasteiger partial charge in [-0.3, -0.25) is 0 Å². The maximum absolute atomic E-state index is 12.4. The second kappa shape index (κ2) is 4.75. The molecule has 0 aliphatic heterocycles. The van der Waals surface area contributed by atoms with E-state index in [2.05, 4.69) is 9.84 Å². The topological polar surface area (TPSA) is 104 Å². The van der Waals surface area contributed by atoms with E-state index in [0.29, 0.717) is 6.20 Å². The molecule has 17 heavy (non-hydrogen) atoms. The van der Waals surface area contributed by atoms with Gasteiger partial charge in [0.25, 0.3) is 10.0 Å². The Hall–Kier alpha value is -1.55. The second-order valence-corrected chi connectivity index (χ2v) is 4.33. The lowest BCUT2D eigenvalue weighted by Crippen LogP contribution is -2.21. The monoisotopic (exact) mass is 269 g/mol. The summed E-state index contributed by atoms with van der Waals surface area (Å²) in [6.07, 6.45) is 0.671. The molecule has 1 aromatic heterocycles. The third-order valence-electron chi connectivity index (χ3n) is 1.70. The van der Waals surface area contributed by atoms with Gasteiger partial charge in [0.2, 0.25) is 0 Å². The van der Waals surface area contributed by atoms with Gasteiger partial charge < -0.3 is 4.74 Å². The van der Waals surface area contributed by atoms with E-state index in [1.165, 1.54) is 6.92 Å². The molecule has 96 valence electrons. The number of aromatic nitrogens is 2. The molecule has 0 bridgehead atoms. The number of nitrogens with zero attached hydrogens (tertiary/aromatic N) is 2. The highest BCUT2D eigenvalue weighted by Crippen LogP contribution is 2.20. The Kier molecular flexibility index (Phi) is 3.78. The Labute approximate surface area is 95.2 Å². The molecule has 0 saturated carbocycles. The summed E-state index contributed by atoms with van der Waals surface area (Å²) in [5.41, 5.74) is -0.616. The van der Waals surface area contributed by atoms with Crippen molar-refractivity contribution in [3.8, 4) is 0 Å². The van der Waals surface area contributed by atoms with Crippen LogP contribution in [0.4, 0.5) is 8.78 Å². The fraction of sp³-hybridized carbons (Fsp3) is 0.429. The van der Waals surface area contributed by atoms with E-state index in [1.54, 1.807) is 0 Å². The third-order valence-corrected chi connectivity index (χ3v) is 2.65. The van der Waals surface area contributed by atoms with Crippen LogP contribution in [0.5, 0.6) is 0 Å². The van der Waals surface area contributed by atoms with Gasteiger partial charge in [0.15, 0.2) is 5.03 Å². The Bertz CT molecular complexity index is 525. The SMILES string of the molecule is CCOC(=O)c1cnn(C(F)F)c1S(N)(=O)=O. The van der Waals surface area contributed by atoms with Gasteiger partial charge in [0.1, 0.15) is 5.56 Å². The smallest absolute Gasteiger partial charge is 0.342 e. The Balaban J connectivity index is 3.39. The number of ether oxygens (including phenoxy) is 1. The summed E-state index contributed by atoms with van der Waals surface area (Å²) < 4.78 is 51.5. The molecule has 0 aromatic carbocycles. The number of nitrogens with two attached hydrogens (primary N) is 1. The third kappa shape index (κ3) is 2.77. The first-order valence-electron chi connectivity index (χ1n) is 4.34. The molecular formula is C7H9F2N3O4S. The molecule has 0 atom stereocenters. The highest BCUT2D eigenvalue weighted by molar-refractivity contribution is 7.89. The average molecular weight is 269 g/mol. The molecule has 0 radical (unpaired) electrons. The van der Waals surface area contributed by atoms with Crippen molar-refractivity contribution in [3.63, 3.8) is 0 Å². The van der Waals surface area contributed by atoms with Gasteiger partial charge in [-0.2, -0.15) is 18.6 Å². The van der Waals surface area contributed by atoms with Crippen molar-refractivity contribution in [2.75, 3.05) is 6.61 Å². The van der Waals surface area contributed by atoms with E-state index in [1.807, 2.05) is 0 Å². The van der Waals surface area contributed by atoms with E-state index in [0.717, 1.165) is 0 Å². The maximum Gasteiger partial charge on any atom is 0.342 e. The molecule has 0 spiro atoms. The highest BCUT2D eigenvalue weighted by Gasteiger charge is 2.29. The maximum atomic E-state index is 12.4. The van der Waals surface area contributed by atoms with Crippen LogP contribution in [0, 0.1) is 0 Å². The van der Waals surface area contributed by atoms with Gasteiger partial charge >= 0.3 is 12.5 Å². The van der Waals surface area contributed by atoms with Gasteiger partial charge in [0, 0.05) is 0 Å². The van der Waals surface area contributed by atoms with Crippen LogP contribution in [0.1, 0.15) is 23.8 Å². The van der Waals surface area contributed by atoms with E-state index in [4.69, 9.17) is 5.14 Å². The van der Waals surface area contributed by atoms with Crippen molar-refractivity contribution in [2.24, 2.45) is 5.14 Å². The molecule has 0 amide bonds. The predicted octanol–water partition coefficient (Wildman–Crippen LogP) is 0.102. The summed E-state index contributed by atoms with van der Waals surface area (Å²) in [6, 6.07) is 0. The first-order valence-corrected chi connectivity index (χ1v) is 5.89. The van der Waals surface area contributed by atoms with Crippen molar-refractivity contribution in [1.82, 2.24) is 9.78 Å². The van der Waals surface area contributed by atoms with Crippen LogP contribution < -0.4 is 5.14 Å². The molecule has 0 aliphatic rings. The quantitative estimate of drug-likeness (QED) is 0.781. The number of hydrogen-bond donors (Lipinski definition) is 1. The number of halogens is 2.